The van der Waals surface area contributed by atoms with E-state index >= 15 is 0 Å². The second-order valence-corrected chi connectivity index (χ2v) is 2.87. The van der Waals surface area contributed by atoms with Gasteiger partial charge in [0.15, 0.2) is 0 Å². The van der Waals surface area contributed by atoms with Gasteiger partial charge in [0.05, 0.1) is 0 Å². The monoisotopic (exact) mass is 171 g/mol. The van der Waals surface area contributed by atoms with Crippen LogP contribution < -0.4 is 11.5 Å². The van der Waals surface area contributed by atoms with E-state index in [9.17, 15) is 0 Å². The topological polar surface area (TPSA) is 55.3 Å². The molecule has 0 saturated heterocycles. The summed E-state index contributed by atoms with van der Waals surface area (Å²) in [5.74, 6) is 0. The Bertz CT molecular complexity index is 95.9. The first-order chi connectivity index (χ1) is 5.85. The van der Waals surface area contributed by atoms with Gasteiger partial charge in [0.1, 0.15) is 0 Å². The van der Waals surface area contributed by atoms with Crippen molar-refractivity contribution in [2.24, 2.45) is 11.5 Å². The third-order valence-electron chi connectivity index (χ3n) is 1.74. The Morgan fingerprint density at radius 1 is 1.08 bits per heavy atom. The van der Waals surface area contributed by atoms with Crippen molar-refractivity contribution in [1.29, 1.82) is 0 Å². The van der Waals surface area contributed by atoms with Crippen LogP contribution in [0.25, 0.3) is 0 Å². The van der Waals surface area contributed by atoms with Gasteiger partial charge >= 0.3 is 0 Å². The summed E-state index contributed by atoms with van der Waals surface area (Å²) in [6, 6.07) is 0. The van der Waals surface area contributed by atoms with Crippen LogP contribution >= 0.6 is 0 Å². The smallest absolute Gasteiger partial charge is 0.0160 e. The van der Waals surface area contributed by atoms with Gasteiger partial charge in [-0.05, 0) is 39.0 Å². The predicted molar refractivity (Wildman–Crippen MR) is 54.0 cm³/mol. The molecule has 0 aromatic rings. The molecule has 72 valence electrons. The fourth-order valence-electron chi connectivity index (χ4n) is 1.11. The van der Waals surface area contributed by atoms with Gasteiger partial charge < -0.3 is 11.5 Å². The summed E-state index contributed by atoms with van der Waals surface area (Å²) >= 11 is 0. The highest BCUT2D eigenvalue weighted by atomic mass is 15.1. The van der Waals surface area contributed by atoms with Crippen LogP contribution in [0.3, 0.4) is 0 Å². The Morgan fingerprint density at radius 2 is 1.58 bits per heavy atom. The third kappa shape index (κ3) is 6.34. The molecule has 0 aliphatic carbocycles. The molecule has 3 nitrogen and oxygen atoms in total. The molecule has 0 aliphatic heterocycles. The first-order valence-electron chi connectivity index (χ1n) is 4.58. The lowest BCUT2D eigenvalue weighted by Gasteiger charge is -2.19. The van der Waals surface area contributed by atoms with E-state index in [2.05, 4.69) is 11.5 Å². The number of nitrogens with two attached hydrogens (primary N) is 2. The fraction of sp³-hybridized carbons (Fsp3) is 0.778. The summed E-state index contributed by atoms with van der Waals surface area (Å²) in [7, 11) is 0. The Labute approximate surface area is 75.4 Å². The number of hydrogen-bond acceptors (Lipinski definition) is 3. The van der Waals surface area contributed by atoms with E-state index in [-0.39, 0.29) is 0 Å². The van der Waals surface area contributed by atoms with Gasteiger partial charge in [-0.2, -0.15) is 0 Å². The molecule has 0 aliphatic rings. The van der Waals surface area contributed by atoms with E-state index < -0.39 is 0 Å². The third-order valence-corrected chi connectivity index (χ3v) is 1.74. The van der Waals surface area contributed by atoms with Crippen molar-refractivity contribution < 1.29 is 0 Å². The summed E-state index contributed by atoms with van der Waals surface area (Å²) in [6.07, 6.45) is 4.03. The Balaban J connectivity index is 3.46. The van der Waals surface area contributed by atoms with Crippen LogP contribution in [0.5, 0.6) is 0 Å². The molecule has 12 heavy (non-hydrogen) atoms. The molecule has 4 N–H and O–H groups in total. The lowest BCUT2D eigenvalue weighted by Crippen LogP contribution is -2.28. The van der Waals surface area contributed by atoms with Crippen LogP contribution in [0.15, 0.2) is 12.7 Å². The van der Waals surface area contributed by atoms with Gasteiger partial charge in [0.25, 0.3) is 0 Å². The maximum absolute atomic E-state index is 5.42. The van der Waals surface area contributed by atoms with E-state index in [1.165, 1.54) is 0 Å². The van der Waals surface area contributed by atoms with Crippen LogP contribution in [0.1, 0.15) is 12.8 Å². The molecule has 0 fully saturated rings. The van der Waals surface area contributed by atoms with E-state index in [0.717, 1.165) is 45.6 Å². The molecule has 0 spiro atoms. The molecule has 0 bridgehead atoms. The minimum Gasteiger partial charge on any atom is -0.330 e. The number of rotatable bonds is 8. The maximum atomic E-state index is 5.42. The fourth-order valence-corrected chi connectivity index (χ4v) is 1.11. The van der Waals surface area contributed by atoms with E-state index in [0.29, 0.717) is 0 Å². The van der Waals surface area contributed by atoms with Crippen molar-refractivity contribution in [1.82, 2.24) is 4.90 Å². The molecule has 0 heterocycles. The molecule has 0 unspecified atom stereocenters. The number of nitrogens with zero attached hydrogens (tertiary/aromatic N) is 1. The summed E-state index contributed by atoms with van der Waals surface area (Å²) in [5, 5.41) is 0. The summed E-state index contributed by atoms with van der Waals surface area (Å²) in [4.78, 5) is 2.33. The predicted octanol–water partition coefficient (Wildman–Crippen LogP) is 0.172. The Morgan fingerprint density at radius 3 is 1.92 bits per heavy atom. The van der Waals surface area contributed by atoms with Crippen molar-refractivity contribution in [3.05, 3.63) is 12.7 Å². The zero-order valence-electron chi connectivity index (χ0n) is 7.84. The average molecular weight is 171 g/mol. The minimum absolute atomic E-state index is 0.760. The summed E-state index contributed by atoms with van der Waals surface area (Å²) < 4.78 is 0. The molecule has 0 aromatic carbocycles. The number of hydrogen-bond donors (Lipinski definition) is 2. The molecule has 0 amide bonds. The van der Waals surface area contributed by atoms with Crippen molar-refractivity contribution >= 4 is 0 Å². The quantitative estimate of drug-likeness (QED) is 0.512. The first-order valence-corrected chi connectivity index (χ1v) is 4.58. The van der Waals surface area contributed by atoms with Crippen LogP contribution in [0, 0.1) is 0 Å². The van der Waals surface area contributed by atoms with Gasteiger partial charge in [-0.1, -0.05) is 6.08 Å². The second-order valence-electron chi connectivity index (χ2n) is 2.87. The largest absolute Gasteiger partial charge is 0.330 e. The van der Waals surface area contributed by atoms with E-state index in [1.54, 1.807) is 0 Å². The van der Waals surface area contributed by atoms with Gasteiger partial charge in [-0.25, -0.2) is 0 Å². The van der Waals surface area contributed by atoms with Crippen molar-refractivity contribution in [3.63, 3.8) is 0 Å². The van der Waals surface area contributed by atoms with E-state index in [4.69, 9.17) is 11.5 Å². The molecule has 0 atom stereocenters. The van der Waals surface area contributed by atoms with Crippen LogP contribution in [-0.2, 0) is 0 Å². The zero-order chi connectivity index (χ0) is 9.23. The maximum Gasteiger partial charge on any atom is 0.0160 e. The molecule has 0 radical (unpaired) electrons. The molecular weight excluding hydrogens is 150 g/mol. The molecule has 3 heteroatoms. The van der Waals surface area contributed by atoms with Gasteiger partial charge in [0, 0.05) is 6.54 Å². The van der Waals surface area contributed by atoms with Crippen LogP contribution in [0.4, 0.5) is 0 Å². The highest BCUT2D eigenvalue weighted by Crippen LogP contribution is 1.92. The second kappa shape index (κ2) is 8.71. The van der Waals surface area contributed by atoms with Gasteiger partial charge in [-0.15, -0.1) is 6.58 Å². The molecule has 0 rings (SSSR count). The first kappa shape index (κ1) is 11.6. The zero-order valence-corrected chi connectivity index (χ0v) is 7.84. The van der Waals surface area contributed by atoms with Crippen LogP contribution in [-0.4, -0.2) is 37.6 Å². The highest BCUT2D eigenvalue weighted by molar-refractivity contribution is 4.73. The lowest BCUT2D eigenvalue weighted by atomic mass is 10.3. The minimum atomic E-state index is 0.760. The summed E-state index contributed by atoms with van der Waals surface area (Å²) in [6.45, 7) is 8.29. The molecule has 0 aromatic heterocycles. The standard InChI is InChI=1S/C9H21N3/c1-2-7-12(8-3-5-10)9-4-6-11/h2H,1,3-11H2. The summed E-state index contributed by atoms with van der Waals surface area (Å²) in [5.41, 5.74) is 10.8. The SMILES string of the molecule is C=CCN(CCCN)CCCN. The van der Waals surface area contributed by atoms with E-state index in [1.807, 2.05) is 6.08 Å². The van der Waals surface area contributed by atoms with Crippen molar-refractivity contribution in [2.75, 3.05) is 32.7 Å². The normalized spacial score (nSPS) is 10.6. The van der Waals surface area contributed by atoms with Gasteiger partial charge in [0.2, 0.25) is 0 Å². The Kier molecular flexibility index (Phi) is 8.44. The van der Waals surface area contributed by atoms with Crippen molar-refractivity contribution in [3.8, 4) is 0 Å². The highest BCUT2D eigenvalue weighted by Gasteiger charge is 1.99. The molecular formula is C9H21N3. The Hall–Kier alpha value is -0.380. The molecule has 0 saturated carbocycles. The van der Waals surface area contributed by atoms with Crippen LogP contribution in [0.2, 0.25) is 0 Å². The van der Waals surface area contributed by atoms with Crippen molar-refractivity contribution in [2.45, 2.75) is 12.8 Å². The lowest BCUT2D eigenvalue weighted by molar-refractivity contribution is 0.298. The average Bonchev–Trinajstić information content (AvgIpc) is 2.10. The van der Waals surface area contributed by atoms with Gasteiger partial charge in [-0.3, -0.25) is 4.90 Å².